The molecule has 1 N–H and O–H groups in total. The van der Waals surface area contributed by atoms with Gasteiger partial charge < -0.3 is 0 Å². The van der Waals surface area contributed by atoms with E-state index in [2.05, 4.69) is 10.2 Å². The number of fused-ring (bicyclic) bond motifs is 1. The molecule has 5 heteroatoms. The van der Waals surface area contributed by atoms with Gasteiger partial charge in [-0.05, 0) is 6.07 Å². The van der Waals surface area contributed by atoms with Gasteiger partial charge in [0.2, 0.25) is 5.78 Å². The first-order chi connectivity index (χ1) is 6.70. The van der Waals surface area contributed by atoms with Gasteiger partial charge in [-0.1, -0.05) is 18.2 Å². The molecule has 1 heterocycles. The van der Waals surface area contributed by atoms with Gasteiger partial charge in [-0.15, -0.1) is 0 Å². The van der Waals surface area contributed by atoms with Crippen LogP contribution in [0.1, 0.15) is 10.5 Å². The number of nitrogens with one attached hydrogen (secondary N) is 1. The highest BCUT2D eigenvalue weighted by Crippen LogP contribution is 2.17. The first-order valence-electron chi connectivity index (χ1n) is 3.95. The summed E-state index contributed by atoms with van der Waals surface area (Å²) in [6, 6.07) is 6.65. The van der Waals surface area contributed by atoms with E-state index in [1.165, 1.54) is 0 Å². The monoisotopic (exact) mass is 196 g/mol. The average molecular weight is 196 g/mol. The fraction of sp³-hybridized carbons (Fsp3) is 0.111. The van der Waals surface area contributed by atoms with E-state index in [0.717, 1.165) is 0 Å². The minimum atomic E-state index is -3.01. The molecule has 0 spiro atoms. The molecule has 14 heavy (non-hydrogen) atoms. The van der Waals surface area contributed by atoms with Crippen LogP contribution in [0.25, 0.3) is 10.9 Å². The predicted molar refractivity (Wildman–Crippen MR) is 46.4 cm³/mol. The molecule has 0 amide bonds. The van der Waals surface area contributed by atoms with Crippen LogP contribution in [0, 0.1) is 0 Å². The third-order valence-electron chi connectivity index (χ3n) is 1.90. The Balaban J connectivity index is 2.58. The molecule has 0 saturated carbocycles. The Morgan fingerprint density at radius 3 is 2.79 bits per heavy atom. The number of hydrogen-bond donors (Lipinski definition) is 1. The lowest BCUT2D eigenvalue weighted by atomic mass is 10.1. The summed E-state index contributed by atoms with van der Waals surface area (Å²) >= 11 is 0. The van der Waals surface area contributed by atoms with Crippen molar-refractivity contribution in [2.75, 3.05) is 0 Å². The number of Topliss-reactive ketones (excluding diaryl/α,β-unsaturated/α-hetero) is 1. The molecule has 0 aliphatic rings. The lowest BCUT2D eigenvalue weighted by Gasteiger charge is -1.94. The number of nitrogens with zero attached hydrogens (tertiary/aromatic N) is 1. The number of aromatic amines is 1. The van der Waals surface area contributed by atoms with Gasteiger partial charge >= 0.3 is 6.43 Å². The summed E-state index contributed by atoms with van der Waals surface area (Å²) in [7, 11) is 0. The lowest BCUT2D eigenvalue weighted by Crippen LogP contribution is -2.10. The number of carbonyl (C=O) groups is 1. The van der Waals surface area contributed by atoms with Crippen molar-refractivity contribution >= 4 is 16.7 Å². The second kappa shape index (κ2) is 3.17. The molecule has 1 aromatic carbocycles. The Morgan fingerprint density at radius 2 is 2.07 bits per heavy atom. The molecule has 72 valence electrons. The highest BCUT2D eigenvalue weighted by atomic mass is 19.3. The van der Waals surface area contributed by atoms with Crippen molar-refractivity contribution in [3.8, 4) is 0 Å². The Bertz CT molecular complexity index is 478. The molecule has 0 unspecified atom stereocenters. The fourth-order valence-electron chi connectivity index (χ4n) is 1.25. The van der Waals surface area contributed by atoms with Gasteiger partial charge in [-0.2, -0.15) is 5.10 Å². The summed E-state index contributed by atoms with van der Waals surface area (Å²) in [6.45, 7) is 0. The molecule has 2 rings (SSSR count). The highest BCUT2D eigenvalue weighted by molar-refractivity contribution is 6.07. The van der Waals surface area contributed by atoms with Gasteiger partial charge in [0.1, 0.15) is 5.69 Å². The van der Waals surface area contributed by atoms with Crippen LogP contribution in [0.2, 0.25) is 0 Å². The summed E-state index contributed by atoms with van der Waals surface area (Å²) < 4.78 is 24.2. The lowest BCUT2D eigenvalue weighted by molar-refractivity contribution is 0.0675. The predicted octanol–water partition coefficient (Wildman–Crippen LogP) is 2.01. The third-order valence-corrected chi connectivity index (χ3v) is 1.90. The van der Waals surface area contributed by atoms with E-state index in [1.54, 1.807) is 24.3 Å². The van der Waals surface area contributed by atoms with Gasteiger partial charge in [0.15, 0.2) is 0 Å². The molecule has 0 aliphatic carbocycles. The summed E-state index contributed by atoms with van der Waals surface area (Å²) in [5, 5.41) is 6.51. The molecular formula is C9H6F2N2O. The topological polar surface area (TPSA) is 45.8 Å². The van der Waals surface area contributed by atoms with Crippen LogP contribution < -0.4 is 0 Å². The largest absolute Gasteiger partial charge is 0.302 e. The van der Waals surface area contributed by atoms with E-state index < -0.39 is 12.2 Å². The summed E-state index contributed by atoms with van der Waals surface area (Å²) in [6.07, 6.45) is -3.01. The quantitative estimate of drug-likeness (QED) is 0.746. The number of ketones is 1. The van der Waals surface area contributed by atoms with Crippen molar-refractivity contribution in [2.45, 2.75) is 6.43 Å². The van der Waals surface area contributed by atoms with Crippen LogP contribution in [0.4, 0.5) is 8.78 Å². The van der Waals surface area contributed by atoms with E-state index >= 15 is 0 Å². The van der Waals surface area contributed by atoms with Crippen molar-refractivity contribution in [2.24, 2.45) is 0 Å². The Labute approximate surface area is 77.7 Å². The van der Waals surface area contributed by atoms with Crippen molar-refractivity contribution in [3.05, 3.63) is 30.0 Å². The summed E-state index contributed by atoms with van der Waals surface area (Å²) in [5.74, 6) is -1.25. The van der Waals surface area contributed by atoms with Crippen molar-refractivity contribution in [1.82, 2.24) is 10.2 Å². The highest BCUT2D eigenvalue weighted by Gasteiger charge is 2.22. The van der Waals surface area contributed by atoms with Crippen molar-refractivity contribution in [1.29, 1.82) is 0 Å². The van der Waals surface area contributed by atoms with E-state index in [-0.39, 0.29) is 5.69 Å². The Hall–Kier alpha value is -1.78. The van der Waals surface area contributed by atoms with Crippen molar-refractivity contribution < 1.29 is 13.6 Å². The number of benzene rings is 1. The molecule has 2 aromatic rings. The third kappa shape index (κ3) is 1.26. The van der Waals surface area contributed by atoms with Crippen LogP contribution in [-0.4, -0.2) is 22.4 Å². The standard InChI is InChI=1S/C9H6F2N2O/c10-9(11)8(14)7-5-3-1-2-4-6(5)12-13-7/h1-4,9H,(H,12,13). The number of hydrogen-bond acceptors (Lipinski definition) is 2. The second-order valence-electron chi connectivity index (χ2n) is 2.78. The summed E-state index contributed by atoms with van der Waals surface area (Å²) in [5.41, 5.74) is 0.382. The maximum atomic E-state index is 12.1. The van der Waals surface area contributed by atoms with Gasteiger partial charge in [-0.3, -0.25) is 9.89 Å². The smallest absolute Gasteiger partial charge is 0.286 e. The molecule has 0 radical (unpaired) electrons. The first-order valence-corrected chi connectivity index (χ1v) is 3.95. The molecule has 0 fully saturated rings. The minimum absolute atomic E-state index is 0.199. The molecule has 0 saturated heterocycles. The molecule has 3 nitrogen and oxygen atoms in total. The number of alkyl halides is 2. The van der Waals surface area contributed by atoms with E-state index in [0.29, 0.717) is 10.9 Å². The number of H-pyrrole nitrogens is 1. The van der Waals surface area contributed by atoms with Crippen LogP contribution in [-0.2, 0) is 0 Å². The van der Waals surface area contributed by atoms with E-state index in [9.17, 15) is 13.6 Å². The number of rotatable bonds is 2. The van der Waals surface area contributed by atoms with Crippen LogP contribution in [0.3, 0.4) is 0 Å². The fourth-order valence-corrected chi connectivity index (χ4v) is 1.25. The molecule has 0 aliphatic heterocycles. The number of halogens is 2. The zero-order valence-corrected chi connectivity index (χ0v) is 7.00. The van der Waals surface area contributed by atoms with Crippen LogP contribution in [0.5, 0.6) is 0 Å². The maximum Gasteiger partial charge on any atom is 0.302 e. The molecule has 0 atom stereocenters. The Morgan fingerprint density at radius 1 is 1.36 bits per heavy atom. The average Bonchev–Trinajstić information content (AvgIpc) is 2.60. The Kier molecular flexibility index (Phi) is 1.99. The maximum absolute atomic E-state index is 12.1. The molecule has 1 aromatic heterocycles. The zero-order valence-electron chi connectivity index (χ0n) is 7.00. The van der Waals surface area contributed by atoms with Crippen LogP contribution >= 0.6 is 0 Å². The van der Waals surface area contributed by atoms with Crippen molar-refractivity contribution in [3.63, 3.8) is 0 Å². The first kappa shape index (κ1) is 8.80. The number of carbonyl (C=O) groups excluding carboxylic acids is 1. The molecular weight excluding hydrogens is 190 g/mol. The molecule has 0 bridgehead atoms. The number of para-hydroxylation sites is 1. The van der Waals surface area contributed by atoms with Gasteiger partial charge in [0.05, 0.1) is 5.52 Å². The number of aromatic nitrogens is 2. The SMILES string of the molecule is O=C(c1n[nH]c2ccccc12)C(F)F. The summed E-state index contributed by atoms with van der Waals surface area (Å²) in [4.78, 5) is 11.0. The zero-order chi connectivity index (χ0) is 10.1. The van der Waals surface area contributed by atoms with Gasteiger partial charge in [0, 0.05) is 5.39 Å². The van der Waals surface area contributed by atoms with Gasteiger partial charge in [0.25, 0.3) is 0 Å². The second-order valence-corrected chi connectivity index (χ2v) is 2.78. The van der Waals surface area contributed by atoms with E-state index in [4.69, 9.17) is 0 Å². The van der Waals surface area contributed by atoms with Crippen LogP contribution in [0.15, 0.2) is 24.3 Å². The van der Waals surface area contributed by atoms with E-state index in [1.807, 2.05) is 0 Å². The van der Waals surface area contributed by atoms with Gasteiger partial charge in [-0.25, -0.2) is 8.78 Å². The minimum Gasteiger partial charge on any atom is -0.286 e. The normalized spacial score (nSPS) is 11.1.